The number of amides is 2. The Morgan fingerprint density at radius 2 is 2.00 bits per heavy atom. The number of nitrogens with zero attached hydrogens (tertiary/aromatic N) is 2. The predicted octanol–water partition coefficient (Wildman–Crippen LogP) is 4.43. The topological polar surface area (TPSA) is 75.4 Å². The zero-order chi connectivity index (χ0) is 21.3. The number of piperidine rings is 1. The number of hydrogen-bond acceptors (Lipinski definition) is 5. The summed E-state index contributed by atoms with van der Waals surface area (Å²) in [5, 5.41) is 6.96. The van der Waals surface area contributed by atoms with Crippen molar-refractivity contribution in [2.75, 3.05) is 19.6 Å². The molecule has 1 fully saturated rings. The molecule has 0 bridgehead atoms. The maximum absolute atomic E-state index is 13.1. The number of nitrogens with one attached hydrogen (secondary N) is 1. The minimum atomic E-state index is 0.00925. The Balaban J connectivity index is 1.53. The summed E-state index contributed by atoms with van der Waals surface area (Å²) >= 11 is 1.58. The van der Waals surface area contributed by atoms with Gasteiger partial charge in [-0.25, -0.2) is 0 Å². The third-order valence-corrected chi connectivity index (χ3v) is 6.49. The lowest BCUT2D eigenvalue weighted by molar-refractivity contribution is -0.126. The molecule has 1 aliphatic heterocycles. The zero-order valence-corrected chi connectivity index (χ0v) is 18.7. The molecule has 3 rings (SSSR count). The maximum Gasteiger partial charge on any atom is 0.254 e. The third kappa shape index (κ3) is 6.11. The van der Waals surface area contributed by atoms with Crippen molar-refractivity contribution in [3.8, 4) is 0 Å². The minimum Gasteiger partial charge on any atom is -0.360 e. The van der Waals surface area contributed by atoms with Crippen LogP contribution in [-0.2, 0) is 10.5 Å². The monoisotopic (exact) mass is 429 g/mol. The number of thioether (sulfide) groups is 1. The number of rotatable bonds is 9. The molecule has 0 saturated carbocycles. The average Bonchev–Trinajstić information content (AvgIpc) is 3.20. The van der Waals surface area contributed by atoms with Gasteiger partial charge >= 0.3 is 0 Å². The van der Waals surface area contributed by atoms with E-state index in [1.165, 1.54) is 0 Å². The van der Waals surface area contributed by atoms with Crippen LogP contribution in [0.4, 0.5) is 0 Å². The molecular formula is C23H31N3O3S. The number of likely N-dealkylation sites (tertiary alicyclic amines) is 1. The SMILES string of the molecule is CCCCCNC(=O)C1CCN(C(=O)c2ccccc2SCc2cc(C)no2)CC1. The molecule has 1 saturated heterocycles. The van der Waals surface area contributed by atoms with Crippen molar-refractivity contribution in [2.24, 2.45) is 5.92 Å². The number of carbonyl (C=O) groups excluding carboxylic acids is 2. The van der Waals surface area contributed by atoms with Crippen LogP contribution in [0.1, 0.15) is 60.8 Å². The molecular weight excluding hydrogens is 398 g/mol. The first-order valence-electron chi connectivity index (χ1n) is 10.8. The summed E-state index contributed by atoms with van der Waals surface area (Å²) in [5.41, 5.74) is 1.56. The van der Waals surface area contributed by atoms with Gasteiger partial charge in [0.2, 0.25) is 5.91 Å². The van der Waals surface area contributed by atoms with Crippen LogP contribution in [0.5, 0.6) is 0 Å². The summed E-state index contributed by atoms with van der Waals surface area (Å²) in [6.07, 6.45) is 4.76. The van der Waals surface area contributed by atoms with Gasteiger partial charge in [-0.15, -0.1) is 11.8 Å². The van der Waals surface area contributed by atoms with Crippen molar-refractivity contribution in [1.29, 1.82) is 0 Å². The lowest BCUT2D eigenvalue weighted by Gasteiger charge is -2.31. The molecule has 0 unspecified atom stereocenters. The van der Waals surface area contributed by atoms with Gasteiger partial charge in [-0.2, -0.15) is 0 Å². The second-order valence-electron chi connectivity index (χ2n) is 7.78. The van der Waals surface area contributed by atoms with E-state index in [4.69, 9.17) is 4.52 Å². The van der Waals surface area contributed by atoms with Crippen LogP contribution in [0.25, 0.3) is 0 Å². The van der Waals surface area contributed by atoms with Gasteiger partial charge in [0.05, 0.1) is 17.0 Å². The Morgan fingerprint density at radius 3 is 2.70 bits per heavy atom. The first-order chi connectivity index (χ1) is 14.6. The highest BCUT2D eigenvalue weighted by atomic mass is 32.2. The second-order valence-corrected chi connectivity index (χ2v) is 8.80. The summed E-state index contributed by atoms with van der Waals surface area (Å²) in [5.74, 6) is 1.61. The van der Waals surface area contributed by atoms with E-state index in [9.17, 15) is 9.59 Å². The summed E-state index contributed by atoms with van der Waals surface area (Å²) in [4.78, 5) is 28.3. The first-order valence-corrected chi connectivity index (χ1v) is 11.8. The number of unbranched alkanes of at least 4 members (excludes halogenated alkanes) is 2. The molecule has 1 aromatic heterocycles. The third-order valence-electron chi connectivity index (χ3n) is 5.40. The summed E-state index contributed by atoms with van der Waals surface area (Å²) in [6, 6.07) is 9.60. The molecule has 0 spiro atoms. The first kappa shape index (κ1) is 22.4. The minimum absolute atomic E-state index is 0.00925. The van der Waals surface area contributed by atoms with E-state index in [0.717, 1.165) is 55.0 Å². The molecule has 30 heavy (non-hydrogen) atoms. The molecule has 1 aliphatic rings. The van der Waals surface area contributed by atoms with Gasteiger partial charge in [-0.05, 0) is 38.3 Å². The number of aryl methyl sites for hydroxylation is 1. The Labute approximate surface area is 182 Å². The fourth-order valence-corrected chi connectivity index (χ4v) is 4.57. The molecule has 1 aromatic carbocycles. The molecule has 6 nitrogen and oxygen atoms in total. The zero-order valence-electron chi connectivity index (χ0n) is 17.9. The molecule has 0 radical (unpaired) electrons. The van der Waals surface area contributed by atoms with E-state index in [-0.39, 0.29) is 17.7 Å². The van der Waals surface area contributed by atoms with Crippen molar-refractivity contribution >= 4 is 23.6 Å². The Bertz CT molecular complexity index is 844. The van der Waals surface area contributed by atoms with E-state index in [2.05, 4.69) is 17.4 Å². The van der Waals surface area contributed by atoms with Gasteiger partial charge in [0.15, 0.2) is 0 Å². The Kier molecular flexibility index (Phi) is 8.37. The quantitative estimate of drug-likeness (QED) is 0.471. The van der Waals surface area contributed by atoms with E-state index >= 15 is 0 Å². The van der Waals surface area contributed by atoms with E-state index in [0.29, 0.717) is 24.4 Å². The molecule has 2 heterocycles. The lowest BCUT2D eigenvalue weighted by Crippen LogP contribution is -2.43. The smallest absolute Gasteiger partial charge is 0.254 e. The molecule has 0 atom stereocenters. The second kappa shape index (κ2) is 11.2. The van der Waals surface area contributed by atoms with E-state index in [1.807, 2.05) is 42.2 Å². The number of aromatic nitrogens is 1. The summed E-state index contributed by atoms with van der Waals surface area (Å²) in [6.45, 7) is 6.03. The Morgan fingerprint density at radius 1 is 1.23 bits per heavy atom. The highest BCUT2D eigenvalue weighted by Gasteiger charge is 2.28. The normalized spacial score (nSPS) is 14.7. The summed E-state index contributed by atoms with van der Waals surface area (Å²) < 4.78 is 5.27. The number of carbonyl (C=O) groups is 2. The van der Waals surface area contributed by atoms with Gasteiger partial charge in [-0.3, -0.25) is 9.59 Å². The van der Waals surface area contributed by atoms with Crippen molar-refractivity contribution in [1.82, 2.24) is 15.4 Å². The average molecular weight is 430 g/mol. The molecule has 7 heteroatoms. The molecule has 2 aromatic rings. The van der Waals surface area contributed by atoms with Crippen molar-refractivity contribution in [3.63, 3.8) is 0 Å². The molecule has 162 valence electrons. The maximum atomic E-state index is 13.1. The molecule has 1 N–H and O–H groups in total. The number of benzene rings is 1. The van der Waals surface area contributed by atoms with Gasteiger partial charge in [0, 0.05) is 36.5 Å². The van der Waals surface area contributed by atoms with Gasteiger partial charge < -0.3 is 14.7 Å². The highest BCUT2D eigenvalue weighted by Crippen LogP contribution is 2.28. The van der Waals surface area contributed by atoms with Crippen molar-refractivity contribution in [3.05, 3.63) is 47.3 Å². The van der Waals surface area contributed by atoms with E-state index in [1.54, 1.807) is 11.8 Å². The van der Waals surface area contributed by atoms with Crippen molar-refractivity contribution < 1.29 is 14.1 Å². The number of hydrogen-bond donors (Lipinski definition) is 1. The largest absolute Gasteiger partial charge is 0.360 e. The van der Waals surface area contributed by atoms with Crippen LogP contribution in [0.2, 0.25) is 0 Å². The van der Waals surface area contributed by atoms with Gasteiger partial charge in [0.25, 0.3) is 5.91 Å². The molecule has 0 aliphatic carbocycles. The fraction of sp³-hybridized carbons (Fsp3) is 0.522. The fourth-order valence-electron chi connectivity index (χ4n) is 3.65. The van der Waals surface area contributed by atoms with Gasteiger partial charge in [-0.1, -0.05) is 37.1 Å². The lowest BCUT2D eigenvalue weighted by atomic mass is 9.95. The van der Waals surface area contributed by atoms with Crippen LogP contribution in [0.3, 0.4) is 0 Å². The van der Waals surface area contributed by atoms with Gasteiger partial charge in [0.1, 0.15) is 5.76 Å². The Hall–Kier alpha value is -2.28. The van der Waals surface area contributed by atoms with E-state index < -0.39 is 0 Å². The standard InChI is InChI=1S/C23H31N3O3S/c1-3-4-7-12-24-22(27)18-10-13-26(14-11-18)23(28)20-8-5-6-9-21(20)30-16-19-15-17(2)25-29-19/h5-6,8-9,15,18H,3-4,7,10-14,16H2,1-2H3,(H,24,27). The van der Waals surface area contributed by atoms with Crippen LogP contribution in [-0.4, -0.2) is 41.5 Å². The van der Waals surface area contributed by atoms with Crippen LogP contribution >= 0.6 is 11.8 Å². The van der Waals surface area contributed by atoms with Crippen LogP contribution < -0.4 is 5.32 Å². The molecule has 2 amide bonds. The van der Waals surface area contributed by atoms with Crippen LogP contribution in [0.15, 0.2) is 39.8 Å². The predicted molar refractivity (Wildman–Crippen MR) is 118 cm³/mol. The highest BCUT2D eigenvalue weighted by molar-refractivity contribution is 7.98. The summed E-state index contributed by atoms with van der Waals surface area (Å²) in [7, 11) is 0. The van der Waals surface area contributed by atoms with Crippen molar-refractivity contribution in [2.45, 2.75) is 56.6 Å². The van der Waals surface area contributed by atoms with Crippen LogP contribution in [0, 0.1) is 12.8 Å².